The van der Waals surface area contributed by atoms with Gasteiger partial charge in [0.15, 0.2) is 5.78 Å². The summed E-state index contributed by atoms with van der Waals surface area (Å²) < 4.78 is 0. The van der Waals surface area contributed by atoms with Gasteiger partial charge in [0, 0.05) is 5.41 Å². The van der Waals surface area contributed by atoms with Crippen molar-refractivity contribution in [2.75, 3.05) is 0 Å². The van der Waals surface area contributed by atoms with Crippen LogP contribution in [0.15, 0.2) is 11.6 Å². The summed E-state index contributed by atoms with van der Waals surface area (Å²) in [5, 5.41) is 17.9. The summed E-state index contributed by atoms with van der Waals surface area (Å²) >= 11 is 0. The van der Waals surface area contributed by atoms with Gasteiger partial charge < -0.3 is 10.2 Å². The minimum absolute atomic E-state index is 0.00427. The van der Waals surface area contributed by atoms with Gasteiger partial charge in [0.05, 0.1) is 12.3 Å². The average Bonchev–Trinajstić information content (AvgIpc) is 2.62. The number of carbonyl (C=O) groups is 3. The first kappa shape index (κ1) is 14.8. The normalized spacial score (nSPS) is 34.5. The molecule has 0 aromatic heterocycles. The molecule has 0 radical (unpaired) electrons. The molecule has 0 aromatic carbocycles. The summed E-state index contributed by atoms with van der Waals surface area (Å²) in [6, 6.07) is 0. The van der Waals surface area contributed by atoms with E-state index in [4.69, 9.17) is 10.2 Å². The van der Waals surface area contributed by atoms with E-state index in [1.165, 1.54) is 6.08 Å². The molecule has 0 saturated heterocycles. The molecule has 2 aliphatic carbocycles. The first-order valence-electron chi connectivity index (χ1n) is 6.82. The Morgan fingerprint density at radius 1 is 1.35 bits per heavy atom. The maximum absolute atomic E-state index is 12.5. The van der Waals surface area contributed by atoms with Crippen molar-refractivity contribution < 1.29 is 24.6 Å². The van der Waals surface area contributed by atoms with Crippen molar-refractivity contribution in [3.63, 3.8) is 0 Å². The third-order valence-corrected chi connectivity index (χ3v) is 5.46. The molecule has 2 rings (SSSR count). The maximum atomic E-state index is 12.5. The molecule has 0 heterocycles. The van der Waals surface area contributed by atoms with E-state index in [-0.39, 0.29) is 17.1 Å². The molecule has 2 saturated carbocycles. The molecule has 0 spiro atoms. The summed E-state index contributed by atoms with van der Waals surface area (Å²) in [6.07, 6.45) is 2.57. The monoisotopic (exact) mass is 280 g/mol. The van der Waals surface area contributed by atoms with E-state index in [0.717, 1.165) is 12.8 Å². The Morgan fingerprint density at radius 2 is 1.95 bits per heavy atom. The number of Topliss-reactive ketones (excluding diaryl/α,β-unsaturated/α-hetero) is 1. The zero-order chi connectivity index (χ0) is 15.3. The van der Waals surface area contributed by atoms with Crippen molar-refractivity contribution in [3.8, 4) is 0 Å². The van der Waals surface area contributed by atoms with Crippen LogP contribution in [0.2, 0.25) is 0 Å². The molecule has 0 aromatic rings. The summed E-state index contributed by atoms with van der Waals surface area (Å²) in [5.74, 6) is -3.47. The Balaban J connectivity index is 2.38. The van der Waals surface area contributed by atoms with Crippen LogP contribution in [0.25, 0.3) is 0 Å². The van der Waals surface area contributed by atoms with E-state index >= 15 is 0 Å². The zero-order valence-electron chi connectivity index (χ0n) is 12.0. The number of aliphatic carboxylic acids is 2. The minimum atomic E-state index is -1.20. The molecule has 5 heteroatoms. The number of hydrogen-bond acceptors (Lipinski definition) is 3. The van der Waals surface area contributed by atoms with Gasteiger partial charge in [-0.1, -0.05) is 26.8 Å². The van der Waals surface area contributed by atoms with Crippen molar-refractivity contribution in [3.05, 3.63) is 11.6 Å². The molecule has 5 nitrogen and oxygen atoms in total. The Hall–Kier alpha value is -1.65. The van der Waals surface area contributed by atoms with Crippen LogP contribution in [0, 0.1) is 22.7 Å². The fraction of sp³-hybridized carbons (Fsp3) is 0.667. The van der Waals surface area contributed by atoms with Crippen molar-refractivity contribution in [1.82, 2.24) is 0 Å². The summed E-state index contributed by atoms with van der Waals surface area (Å²) in [5.41, 5.74) is -0.116. The minimum Gasteiger partial charge on any atom is -0.481 e. The predicted molar refractivity (Wildman–Crippen MR) is 71.1 cm³/mol. The van der Waals surface area contributed by atoms with Crippen LogP contribution in [0.1, 0.15) is 40.0 Å². The maximum Gasteiger partial charge on any atom is 0.310 e. The molecule has 0 unspecified atom stereocenters. The molecule has 2 aliphatic rings. The second-order valence-electron chi connectivity index (χ2n) is 6.64. The highest BCUT2D eigenvalue weighted by molar-refractivity contribution is 6.05. The van der Waals surface area contributed by atoms with Crippen LogP contribution >= 0.6 is 0 Å². The molecule has 0 amide bonds. The van der Waals surface area contributed by atoms with Gasteiger partial charge in [-0.15, -0.1) is 0 Å². The summed E-state index contributed by atoms with van der Waals surface area (Å²) in [6.45, 7) is 6.01. The van der Waals surface area contributed by atoms with E-state index in [1.807, 2.05) is 20.8 Å². The topological polar surface area (TPSA) is 91.7 Å². The van der Waals surface area contributed by atoms with Crippen LogP contribution in [0.5, 0.6) is 0 Å². The van der Waals surface area contributed by atoms with E-state index in [2.05, 4.69) is 0 Å². The van der Waals surface area contributed by atoms with E-state index < -0.39 is 29.7 Å². The Kier molecular flexibility index (Phi) is 3.27. The smallest absolute Gasteiger partial charge is 0.310 e. The predicted octanol–water partition coefficient (Wildman–Crippen LogP) is 2.11. The Labute approximate surface area is 117 Å². The average molecular weight is 280 g/mol. The number of carboxylic acid groups (broad SMARTS) is 2. The Morgan fingerprint density at radius 3 is 2.35 bits per heavy atom. The van der Waals surface area contributed by atoms with Crippen LogP contribution in [0.3, 0.4) is 0 Å². The van der Waals surface area contributed by atoms with E-state index in [0.29, 0.717) is 5.57 Å². The van der Waals surface area contributed by atoms with Gasteiger partial charge in [-0.05, 0) is 29.7 Å². The zero-order valence-corrected chi connectivity index (χ0v) is 12.0. The number of allylic oxidation sites excluding steroid dienone is 1. The number of ketones is 1. The third kappa shape index (κ3) is 1.87. The number of fused-ring (bicyclic) bond motifs is 2. The molecule has 2 fully saturated rings. The van der Waals surface area contributed by atoms with Crippen molar-refractivity contribution >= 4 is 17.7 Å². The van der Waals surface area contributed by atoms with Crippen molar-refractivity contribution in [1.29, 1.82) is 0 Å². The summed E-state index contributed by atoms with van der Waals surface area (Å²) in [7, 11) is 0. The number of rotatable bonds is 4. The lowest BCUT2D eigenvalue weighted by Gasteiger charge is -2.31. The largest absolute Gasteiger partial charge is 0.481 e. The lowest BCUT2D eigenvalue weighted by Crippen LogP contribution is -2.32. The van der Waals surface area contributed by atoms with Crippen molar-refractivity contribution in [2.24, 2.45) is 22.7 Å². The molecule has 3 atom stereocenters. The van der Waals surface area contributed by atoms with Crippen molar-refractivity contribution in [2.45, 2.75) is 40.0 Å². The van der Waals surface area contributed by atoms with Crippen LogP contribution in [-0.4, -0.2) is 27.9 Å². The van der Waals surface area contributed by atoms with Gasteiger partial charge in [0.1, 0.15) is 0 Å². The van der Waals surface area contributed by atoms with Crippen LogP contribution in [-0.2, 0) is 14.4 Å². The lowest BCUT2D eigenvalue weighted by atomic mass is 9.70. The third-order valence-electron chi connectivity index (χ3n) is 5.46. The van der Waals surface area contributed by atoms with E-state index in [1.54, 1.807) is 0 Å². The van der Waals surface area contributed by atoms with Crippen LogP contribution in [0.4, 0.5) is 0 Å². The first-order valence-corrected chi connectivity index (χ1v) is 6.82. The molecule has 20 heavy (non-hydrogen) atoms. The second kappa shape index (κ2) is 4.43. The number of carboxylic acids is 2. The van der Waals surface area contributed by atoms with Gasteiger partial charge in [0.25, 0.3) is 0 Å². The lowest BCUT2D eigenvalue weighted by molar-refractivity contribution is -0.146. The quantitative estimate of drug-likeness (QED) is 0.769. The number of carbonyl (C=O) groups excluding carboxylic acids is 1. The van der Waals surface area contributed by atoms with E-state index in [9.17, 15) is 14.4 Å². The highest BCUT2D eigenvalue weighted by atomic mass is 16.4. The molecule has 110 valence electrons. The second-order valence-corrected chi connectivity index (χ2v) is 6.64. The standard InChI is InChI=1S/C15H20O5/c1-14(2)10-4-5-15(14,3)12(18)9(10)6-8(13(19)20)7-11(16)17/h6,8,10H,4-5,7H2,1-3H3,(H,16,17)(H,19,20)/b9-6+/t8-,10+,15-/m1/s1. The molecule has 2 bridgehead atoms. The summed E-state index contributed by atoms with van der Waals surface area (Å²) in [4.78, 5) is 34.4. The van der Waals surface area contributed by atoms with Crippen LogP contribution < -0.4 is 0 Å². The first-order chi connectivity index (χ1) is 9.11. The highest BCUT2D eigenvalue weighted by Gasteiger charge is 2.63. The highest BCUT2D eigenvalue weighted by Crippen LogP contribution is 2.65. The van der Waals surface area contributed by atoms with Gasteiger partial charge in [-0.3, -0.25) is 14.4 Å². The fourth-order valence-corrected chi connectivity index (χ4v) is 3.74. The molecular weight excluding hydrogens is 260 g/mol. The fourth-order valence-electron chi connectivity index (χ4n) is 3.74. The van der Waals surface area contributed by atoms with Gasteiger partial charge in [-0.25, -0.2) is 0 Å². The van der Waals surface area contributed by atoms with Gasteiger partial charge in [0.2, 0.25) is 0 Å². The molecule has 2 N–H and O–H groups in total. The number of hydrogen-bond donors (Lipinski definition) is 2. The Bertz CT molecular complexity index is 516. The SMILES string of the molecule is CC1(C)[C@H]2CC[C@]1(C)C(=O)/C2=C/[C@H](CC(=O)O)C(=O)O. The molecule has 0 aliphatic heterocycles. The van der Waals surface area contributed by atoms with Gasteiger partial charge in [-0.2, -0.15) is 0 Å². The molecular formula is C15H20O5. The van der Waals surface area contributed by atoms with Gasteiger partial charge >= 0.3 is 11.9 Å².